The zero-order valence-corrected chi connectivity index (χ0v) is 21.0. The summed E-state index contributed by atoms with van der Waals surface area (Å²) in [5, 5.41) is 8.49. The fourth-order valence-corrected chi connectivity index (χ4v) is 4.34. The second kappa shape index (κ2) is 9.34. The SMILES string of the molecule is CC1CC1CN(C)c1cc(-c2nnc([C@H](C)C(N)c3ccccc3)o2)cc(N(C)S(C)(=O)=O)n1. The topological polar surface area (TPSA) is 118 Å². The molecule has 4 atom stereocenters. The standard InChI is InChI=1S/C24H32N6O3S/c1-15-11-19(15)14-29(3)20-12-18(13-21(26-20)30(4)34(5,31)32)24-28-27-23(33-24)16(2)22(25)17-9-7-6-8-10-17/h6-10,12-13,15-16,19,22H,11,14,25H2,1-5H3/t15?,16-,19?,22?/m1/s1. The summed E-state index contributed by atoms with van der Waals surface area (Å²) in [4.78, 5) is 6.65. The molecule has 3 aromatic rings. The molecule has 0 radical (unpaired) electrons. The van der Waals surface area contributed by atoms with Gasteiger partial charge in [-0.25, -0.2) is 13.4 Å². The van der Waals surface area contributed by atoms with Crippen molar-refractivity contribution in [3.05, 3.63) is 53.9 Å². The van der Waals surface area contributed by atoms with Crippen molar-refractivity contribution >= 4 is 21.7 Å². The van der Waals surface area contributed by atoms with E-state index in [1.54, 1.807) is 6.07 Å². The van der Waals surface area contributed by atoms with Crippen LogP contribution >= 0.6 is 0 Å². The quantitative estimate of drug-likeness (QED) is 0.491. The van der Waals surface area contributed by atoms with Crippen LogP contribution in [0.25, 0.3) is 11.5 Å². The van der Waals surface area contributed by atoms with Gasteiger partial charge >= 0.3 is 0 Å². The third kappa shape index (κ3) is 5.23. The molecule has 1 fully saturated rings. The minimum absolute atomic E-state index is 0.206. The molecule has 0 bridgehead atoms. The molecule has 0 spiro atoms. The summed E-state index contributed by atoms with van der Waals surface area (Å²) in [6.07, 6.45) is 2.33. The summed E-state index contributed by atoms with van der Waals surface area (Å²) in [6, 6.07) is 13.0. The van der Waals surface area contributed by atoms with Gasteiger partial charge in [0.25, 0.3) is 0 Å². The van der Waals surface area contributed by atoms with Crippen LogP contribution in [-0.4, -0.2) is 50.5 Å². The van der Waals surface area contributed by atoms with Gasteiger partial charge in [0.2, 0.25) is 21.8 Å². The van der Waals surface area contributed by atoms with Crippen molar-refractivity contribution in [3.8, 4) is 11.5 Å². The Morgan fingerprint density at radius 1 is 1.15 bits per heavy atom. The van der Waals surface area contributed by atoms with E-state index in [-0.39, 0.29) is 12.0 Å². The summed E-state index contributed by atoms with van der Waals surface area (Å²) >= 11 is 0. The van der Waals surface area contributed by atoms with Crippen molar-refractivity contribution < 1.29 is 12.8 Å². The van der Waals surface area contributed by atoms with Gasteiger partial charge in [0, 0.05) is 32.2 Å². The molecule has 2 heterocycles. The largest absolute Gasteiger partial charge is 0.420 e. The van der Waals surface area contributed by atoms with Crippen LogP contribution in [-0.2, 0) is 10.0 Å². The van der Waals surface area contributed by atoms with E-state index in [2.05, 4.69) is 22.1 Å². The van der Waals surface area contributed by atoms with Gasteiger partial charge in [-0.2, -0.15) is 0 Å². The van der Waals surface area contributed by atoms with E-state index in [4.69, 9.17) is 10.2 Å². The molecule has 1 aliphatic carbocycles. The van der Waals surface area contributed by atoms with Crippen molar-refractivity contribution in [2.45, 2.75) is 32.2 Å². The van der Waals surface area contributed by atoms with E-state index in [1.807, 2.05) is 55.3 Å². The summed E-state index contributed by atoms with van der Waals surface area (Å²) in [5.74, 6) is 2.75. The molecule has 34 heavy (non-hydrogen) atoms. The van der Waals surface area contributed by atoms with Crippen LogP contribution in [0.3, 0.4) is 0 Å². The molecule has 0 saturated heterocycles. The van der Waals surface area contributed by atoms with E-state index >= 15 is 0 Å². The van der Waals surface area contributed by atoms with Crippen LogP contribution in [0.15, 0.2) is 46.9 Å². The van der Waals surface area contributed by atoms with Gasteiger partial charge < -0.3 is 15.1 Å². The molecule has 0 aliphatic heterocycles. The maximum atomic E-state index is 12.2. The molecule has 9 nitrogen and oxygen atoms in total. The van der Waals surface area contributed by atoms with Crippen molar-refractivity contribution in [2.24, 2.45) is 17.6 Å². The fourth-order valence-electron chi connectivity index (χ4n) is 3.90. The number of nitrogens with zero attached hydrogens (tertiary/aromatic N) is 5. The monoisotopic (exact) mass is 484 g/mol. The van der Waals surface area contributed by atoms with Crippen LogP contribution in [0.2, 0.25) is 0 Å². The fraction of sp³-hybridized carbons (Fsp3) is 0.458. The maximum absolute atomic E-state index is 12.2. The van der Waals surface area contributed by atoms with E-state index < -0.39 is 10.0 Å². The summed E-state index contributed by atoms with van der Waals surface area (Å²) in [5.41, 5.74) is 8.02. The van der Waals surface area contributed by atoms with Crippen molar-refractivity contribution in [3.63, 3.8) is 0 Å². The molecule has 1 aromatic carbocycles. The van der Waals surface area contributed by atoms with Crippen molar-refractivity contribution in [1.29, 1.82) is 0 Å². The maximum Gasteiger partial charge on any atom is 0.248 e. The lowest BCUT2D eigenvalue weighted by atomic mass is 9.95. The van der Waals surface area contributed by atoms with Gasteiger partial charge in [0.1, 0.15) is 11.6 Å². The Morgan fingerprint density at radius 2 is 1.79 bits per heavy atom. The highest BCUT2D eigenvalue weighted by atomic mass is 32.2. The number of nitrogens with two attached hydrogens (primary N) is 1. The molecule has 2 N–H and O–H groups in total. The van der Waals surface area contributed by atoms with Gasteiger partial charge in [-0.05, 0) is 36.0 Å². The summed E-state index contributed by atoms with van der Waals surface area (Å²) in [7, 11) is -0.0573. The smallest absolute Gasteiger partial charge is 0.248 e. The lowest BCUT2D eigenvalue weighted by Crippen LogP contribution is -2.27. The van der Waals surface area contributed by atoms with Crippen molar-refractivity contribution in [2.75, 3.05) is 36.1 Å². The van der Waals surface area contributed by atoms with Gasteiger partial charge in [0.05, 0.1) is 12.2 Å². The Morgan fingerprint density at radius 3 is 2.41 bits per heavy atom. The molecule has 2 aromatic heterocycles. The first-order chi connectivity index (χ1) is 16.0. The van der Waals surface area contributed by atoms with Crippen LogP contribution < -0.4 is 14.9 Å². The average Bonchev–Trinajstić information content (AvgIpc) is 3.30. The van der Waals surface area contributed by atoms with Gasteiger partial charge in [-0.1, -0.05) is 44.2 Å². The number of anilines is 2. The lowest BCUT2D eigenvalue weighted by Gasteiger charge is -2.22. The highest BCUT2D eigenvalue weighted by molar-refractivity contribution is 7.92. The molecule has 10 heteroatoms. The van der Waals surface area contributed by atoms with E-state index in [0.29, 0.717) is 40.8 Å². The Hall–Kier alpha value is -2.98. The van der Waals surface area contributed by atoms with Crippen LogP contribution in [0.1, 0.15) is 43.7 Å². The summed E-state index contributed by atoms with van der Waals surface area (Å²) < 4.78 is 31.6. The number of aromatic nitrogens is 3. The molecule has 3 unspecified atom stereocenters. The minimum Gasteiger partial charge on any atom is -0.420 e. The molecule has 182 valence electrons. The zero-order valence-electron chi connectivity index (χ0n) is 20.2. The third-order valence-electron chi connectivity index (χ3n) is 6.59. The average molecular weight is 485 g/mol. The van der Waals surface area contributed by atoms with Gasteiger partial charge in [0.15, 0.2) is 0 Å². The number of benzene rings is 1. The first kappa shape index (κ1) is 24.2. The van der Waals surface area contributed by atoms with Crippen molar-refractivity contribution in [1.82, 2.24) is 15.2 Å². The number of rotatable bonds is 9. The predicted octanol–water partition coefficient (Wildman–Crippen LogP) is 3.42. The first-order valence-corrected chi connectivity index (χ1v) is 13.2. The summed E-state index contributed by atoms with van der Waals surface area (Å²) in [6.45, 7) is 5.02. The number of pyridine rings is 1. The number of hydrogen-bond donors (Lipinski definition) is 1. The zero-order chi connectivity index (χ0) is 24.6. The molecule has 1 aliphatic rings. The minimum atomic E-state index is -3.50. The Labute approximate surface area is 201 Å². The molecule has 4 rings (SSSR count). The third-order valence-corrected chi connectivity index (χ3v) is 7.78. The van der Waals surface area contributed by atoms with Crippen LogP contribution in [0.5, 0.6) is 0 Å². The predicted molar refractivity (Wildman–Crippen MR) is 133 cm³/mol. The normalized spacial score (nSPS) is 19.5. The van der Waals surface area contributed by atoms with Gasteiger partial charge in [-0.3, -0.25) is 4.31 Å². The van der Waals surface area contributed by atoms with Gasteiger partial charge in [-0.15, -0.1) is 10.2 Å². The number of sulfonamides is 1. The van der Waals surface area contributed by atoms with Crippen LogP contribution in [0.4, 0.5) is 11.6 Å². The highest BCUT2D eigenvalue weighted by Gasteiger charge is 2.34. The molecule has 0 amide bonds. The van der Waals surface area contributed by atoms with Crippen LogP contribution in [0, 0.1) is 11.8 Å². The second-order valence-corrected chi connectivity index (χ2v) is 11.3. The Kier molecular flexibility index (Phi) is 6.64. The Bertz CT molecular complexity index is 1250. The van der Waals surface area contributed by atoms with E-state index in [0.717, 1.165) is 22.7 Å². The Balaban J connectivity index is 1.66. The molecular formula is C24H32N6O3S. The second-order valence-electron chi connectivity index (χ2n) is 9.33. The molecular weight excluding hydrogens is 452 g/mol. The molecule has 1 saturated carbocycles. The first-order valence-electron chi connectivity index (χ1n) is 11.4. The van der Waals surface area contributed by atoms with E-state index in [1.165, 1.54) is 13.5 Å². The van der Waals surface area contributed by atoms with E-state index in [9.17, 15) is 8.42 Å². The lowest BCUT2D eigenvalue weighted by molar-refractivity contribution is 0.431. The number of hydrogen-bond acceptors (Lipinski definition) is 8. The highest BCUT2D eigenvalue weighted by Crippen LogP contribution is 2.39.